The minimum Gasteiger partial charge on any atom is -0.460 e. The van der Waals surface area contributed by atoms with E-state index in [1.54, 1.807) is 6.07 Å². The van der Waals surface area contributed by atoms with Crippen molar-refractivity contribution in [2.45, 2.75) is 13.1 Å². The molecule has 0 saturated carbocycles. The maximum atomic E-state index is 13.0. The van der Waals surface area contributed by atoms with Crippen LogP contribution in [-0.4, -0.2) is 0 Å². The number of rotatable bonds is 4. The Hall–Kier alpha value is -1.65. The van der Waals surface area contributed by atoms with E-state index >= 15 is 0 Å². The molecule has 2 nitrogen and oxygen atoms in total. The topological polar surface area (TPSA) is 25.2 Å². The van der Waals surface area contributed by atoms with E-state index < -0.39 is 0 Å². The van der Waals surface area contributed by atoms with Crippen molar-refractivity contribution >= 4 is 26.9 Å². The minimum atomic E-state index is -0.238. The molecule has 3 rings (SSSR count). The van der Waals surface area contributed by atoms with Gasteiger partial charge < -0.3 is 9.73 Å². The first-order valence-corrected chi connectivity index (χ1v) is 7.14. The van der Waals surface area contributed by atoms with Gasteiger partial charge in [0.25, 0.3) is 0 Å². The predicted octanol–water partition coefficient (Wildman–Crippen LogP) is 4.62. The van der Waals surface area contributed by atoms with Crippen molar-refractivity contribution < 1.29 is 8.81 Å². The van der Waals surface area contributed by atoms with Crippen molar-refractivity contribution in [3.05, 3.63) is 70.1 Å². The molecule has 1 N–H and O–H groups in total. The van der Waals surface area contributed by atoms with Crippen molar-refractivity contribution in [2.75, 3.05) is 0 Å². The normalized spacial score (nSPS) is 11.1. The smallest absolute Gasteiger partial charge is 0.134 e. The zero-order valence-corrected chi connectivity index (χ0v) is 12.3. The lowest BCUT2D eigenvalue weighted by molar-refractivity contribution is 0.513. The fourth-order valence-corrected chi connectivity index (χ4v) is 2.60. The first-order valence-electron chi connectivity index (χ1n) is 6.34. The summed E-state index contributed by atoms with van der Waals surface area (Å²) in [4.78, 5) is 0. The molecule has 0 fully saturated rings. The van der Waals surface area contributed by atoms with Crippen LogP contribution in [0.5, 0.6) is 0 Å². The highest BCUT2D eigenvalue weighted by atomic mass is 79.9. The van der Waals surface area contributed by atoms with E-state index in [4.69, 9.17) is 4.42 Å². The molecule has 0 aliphatic carbocycles. The zero-order valence-electron chi connectivity index (χ0n) is 10.7. The summed E-state index contributed by atoms with van der Waals surface area (Å²) < 4.78 is 19.5. The quantitative estimate of drug-likeness (QED) is 0.753. The third-order valence-electron chi connectivity index (χ3n) is 3.11. The van der Waals surface area contributed by atoms with Gasteiger partial charge in [-0.3, -0.25) is 0 Å². The van der Waals surface area contributed by atoms with Gasteiger partial charge >= 0.3 is 0 Å². The van der Waals surface area contributed by atoms with E-state index in [2.05, 4.69) is 21.2 Å². The first kappa shape index (κ1) is 13.3. The van der Waals surface area contributed by atoms with Crippen molar-refractivity contribution in [1.29, 1.82) is 0 Å². The molecule has 0 radical (unpaired) electrons. The van der Waals surface area contributed by atoms with Crippen LogP contribution in [0, 0.1) is 5.82 Å². The second-order valence-electron chi connectivity index (χ2n) is 4.59. The molecule has 0 unspecified atom stereocenters. The lowest BCUT2D eigenvalue weighted by Gasteiger charge is -2.05. The van der Waals surface area contributed by atoms with Crippen LogP contribution < -0.4 is 5.32 Å². The summed E-state index contributed by atoms with van der Waals surface area (Å²) in [5.41, 5.74) is 1.91. The van der Waals surface area contributed by atoms with Gasteiger partial charge in [0.1, 0.15) is 17.2 Å². The Bertz CT molecular complexity index is 705. The van der Waals surface area contributed by atoms with E-state index in [1.807, 2.05) is 30.3 Å². The number of furan rings is 1. The molecule has 0 aliphatic rings. The average Bonchev–Trinajstić information content (AvgIpc) is 2.84. The molecule has 0 amide bonds. The first-order chi connectivity index (χ1) is 9.72. The SMILES string of the molecule is Fc1ccc(CNCc2cc3ccccc3o2)c(Br)c1. The molecular formula is C16H13BrFNO. The van der Waals surface area contributed by atoms with Gasteiger partial charge in [-0.25, -0.2) is 4.39 Å². The Morgan fingerprint density at radius 3 is 2.70 bits per heavy atom. The van der Waals surface area contributed by atoms with Crippen LogP contribution in [0.2, 0.25) is 0 Å². The van der Waals surface area contributed by atoms with Crippen LogP contribution in [0.25, 0.3) is 11.0 Å². The molecule has 102 valence electrons. The molecule has 1 heterocycles. The number of nitrogens with one attached hydrogen (secondary N) is 1. The van der Waals surface area contributed by atoms with Gasteiger partial charge in [0.15, 0.2) is 0 Å². The predicted molar refractivity (Wildman–Crippen MR) is 80.9 cm³/mol. The van der Waals surface area contributed by atoms with Crippen LogP contribution in [0.1, 0.15) is 11.3 Å². The summed E-state index contributed by atoms with van der Waals surface area (Å²) in [5, 5.41) is 4.40. The van der Waals surface area contributed by atoms with Gasteiger partial charge in [0, 0.05) is 16.4 Å². The molecule has 0 aliphatic heterocycles. The molecule has 0 saturated heterocycles. The van der Waals surface area contributed by atoms with Crippen LogP contribution in [0.15, 0.2) is 57.4 Å². The molecule has 2 aromatic carbocycles. The number of halogens is 2. The van der Waals surface area contributed by atoms with Crippen molar-refractivity contribution in [3.8, 4) is 0 Å². The number of hydrogen-bond acceptors (Lipinski definition) is 2. The molecule has 0 spiro atoms. The van der Waals surface area contributed by atoms with Crippen LogP contribution >= 0.6 is 15.9 Å². The molecule has 0 bridgehead atoms. The van der Waals surface area contributed by atoms with E-state index in [1.165, 1.54) is 12.1 Å². The third kappa shape index (κ3) is 2.92. The summed E-state index contributed by atoms with van der Waals surface area (Å²) in [6, 6.07) is 14.7. The van der Waals surface area contributed by atoms with Crippen molar-refractivity contribution in [1.82, 2.24) is 5.32 Å². The van der Waals surface area contributed by atoms with Gasteiger partial charge in [0.2, 0.25) is 0 Å². The van der Waals surface area contributed by atoms with E-state index in [9.17, 15) is 4.39 Å². The van der Waals surface area contributed by atoms with E-state index in [0.29, 0.717) is 13.1 Å². The Labute approximate surface area is 124 Å². The maximum absolute atomic E-state index is 13.0. The summed E-state index contributed by atoms with van der Waals surface area (Å²) in [6.45, 7) is 1.29. The Morgan fingerprint density at radius 1 is 1.05 bits per heavy atom. The molecule has 1 aromatic heterocycles. The minimum absolute atomic E-state index is 0.238. The lowest BCUT2D eigenvalue weighted by Crippen LogP contribution is -2.12. The van der Waals surface area contributed by atoms with Crippen LogP contribution in [0.3, 0.4) is 0 Å². The Balaban J connectivity index is 1.64. The van der Waals surface area contributed by atoms with Crippen molar-refractivity contribution in [3.63, 3.8) is 0 Å². The zero-order chi connectivity index (χ0) is 13.9. The van der Waals surface area contributed by atoms with E-state index in [-0.39, 0.29) is 5.82 Å². The highest BCUT2D eigenvalue weighted by Gasteiger charge is 2.04. The van der Waals surface area contributed by atoms with Crippen LogP contribution in [0.4, 0.5) is 4.39 Å². The fraction of sp³-hybridized carbons (Fsp3) is 0.125. The second-order valence-corrected chi connectivity index (χ2v) is 5.44. The monoisotopic (exact) mass is 333 g/mol. The summed E-state index contributed by atoms with van der Waals surface area (Å²) >= 11 is 3.36. The highest BCUT2D eigenvalue weighted by molar-refractivity contribution is 9.10. The largest absolute Gasteiger partial charge is 0.460 e. The van der Waals surface area contributed by atoms with E-state index in [0.717, 1.165) is 26.8 Å². The summed E-state index contributed by atoms with van der Waals surface area (Å²) in [5.74, 6) is 0.655. The Morgan fingerprint density at radius 2 is 1.90 bits per heavy atom. The number of hydrogen-bond donors (Lipinski definition) is 1. The molecule has 0 atom stereocenters. The van der Waals surface area contributed by atoms with Gasteiger partial charge in [0.05, 0.1) is 6.54 Å². The third-order valence-corrected chi connectivity index (χ3v) is 3.84. The summed E-state index contributed by atoms with van der Waals surface area (Å²) in [6.07, 6.45) is 0. The molecule has 3 aromatic rings. The number of benzene rings is 2. The van der Waals surface area contributed by atoms with Gasteiger partial charge in [-0.15, -0.1) is 0 Å². The number of para-hydroxylation sites is 1. The molecule has 20 heavy (non-hydrogen) atoms. The maximum Gasteiger partial charge on any atom is 0.134 e. The van der Waals surface area contributed by atoms with Crippen molar-refractivity contribution in [2.24, 2.45) is 0 Å². The number of fused-ring (bicyclic) bond motifs is 1. The molecule has 4 heteroatoms. The van der Waals surface area contributed by atoms with Gasteiger partial charge in [-0.1, -0.05) is 40.2 Å². The second kappa shape index (κ2) is 5.77. The molecular weight excluding hydrogens is 321 g/mol. The van der Waals surface area contributed by atoms with Crippen LogP contribution in [-0.2, 0) is 13.1 Å². The standard InChI is InChI=1S/C16H13BrFNO/c17-15-8-13(18)6-5-12(15)9-19-10-14-7-11-3-1-2-4-16(11)20-14/h1-8,19H,9-10H2. The van der Waals surface area contributed by atoms with Gasteiger partial charge in [-0.2, -0.15) is 0 Å². The van der Waals surface area contributed by atoms with Gasteiger partial charge in [-0.05, 0) is 29.8 Å². The fourth-order valence-electron chi connectivity index (χ4n) is 2.11. The average molecular weight is 334 g/mol. The lowest BCUT2D eigenvalue weighted by atomic mass is 10.2. The highest BCUT2D eigenvalue weighted by Crippen LogP contribution is 2.20. The Kier molecular flexibility index (Phi) is 3.85. The summed E-state index contributed by atoms with van der Waals surface area (Å²) in [7, 11) is 0.